The molecular formula is C20H18N2O2S. The minimum Gasteiger partial charge on any atom is -0.207 e. The fourth-order valence-electron chi connectivity index (χ4n) is 2.18. The molecule has 4 nitrogen and oxygen atoms in total. The topological polar surface area (TPSA) is 61.2 Å². The van der Waals surface area contributed by atoms with Crippen LogP contribution in [0.3, 0.4) is 0 Å². The minimum atomic E-state index is -3.65. The second kappa shape index (κ2) is 8.30. The van der Waals surface area contributed by atoms with Gasteiger partial charge in [-0.3, -0.25) is 0 Å². The van der Waals surface area contributed by atoms with E-state index in [4.69, 9.17) is 11.7 Å². The maximum Gasteiger partial charge on any atom is 0.244 e. The third kappa shape index (κ3) is 4.81. The molecule has 0 aliphatic carbocycles. The van der Waals surface area contributed by atoms with Gasteiger partial charge in [-0.05, 0) is 36.8 Å². The standard InChI is InChI=1S/C20H18N2O2S/c1-3-14-22(25(23,24)20-12-6-17(2)7-13-20)15-4-5-18-8-10-19(16-21)11-9-18/h1,4-13H,14-15H2,2H3/b5-4+. The molecule has 0 aliphatic rings. The van der Waals surface area contributed by atoms with Crippen molar-refractivity contribution in [3.8, 4) is 18.4 Å². The second-order valence-corrected chi connectivity index (χ2v) is 7.39. The summed E-state index contributed by atoms with van der Waals surface area (Å²) in [6.45, 7) is 2.06. The first-order valence-electron chi connectivity index (χ1n) is 7.64. The minimum absolute atomic E-state index is 0.00603. The molecule has 126 valence electrons. The van der Waals surface area contributed by atoms with Gasteiger partial charge in [0.2, 0.25) is 10.0 Å². The molecule has 0 aromatic heterocycles. The van der Waals surface area contributed by atoms with E-state index in [1.54, 1.807) is 60.7 Å². The second-order valence-electron chi connectivity index (χ2n) is 5.45. The summed E-state index contributed by atoms with van der Waals surface area (Å²) in [6, 6.07) is 15.8. The number of terminal acetylenes is 1. The van der Waals surface area contributed by atoms with Gasteiger partial charge in [-0.2, -0.15) is 9.57 Å². The quantitative estimate of drug-likeness (QED) is 0.752. The highest BCUT2D eigenvalue weighted by Crippen LogP contribution is 2.16. The van der Waals surface area contributed by atoms with E-state index in [-0.39, 0.29) is 18.0 Å². The molecule has 0 bridgehead atoms. The van der Waals surface area contributed by atoms with Gasteiger partial charge >= 0.3 is 0 Å². The molecule has 25 heavy (non-hydrogen) atoms. The predicted octanol–water partition coefficient (Wildman–Crippen LogP) is 3.20. The van der Waals surface area contributed by atoms with Gasteiger partial charge in [0, 0.05) is 6.54 Å². The first kappa shape index (κ1) is 18.5. The van der Waals surface area contributed by atoms with Gasteiger partial charge in [-0.25, -0.2) is 8.42 Å². The zero-order valence-corrected chi connectivity index (χ0v) is 14.7. The highest BCUT2D eigenvalue weighted by Gasteiger charge is 2.22. The summed E-state index contributed by atoms with van der Waals surface area (Å²) in [5.41, 5.74) is 2.45. The molecule has 2 rings (SSSR count). The molecule has 5 heteroatoms. The molecule has 2 aromatic carbocycles. The summed E-state index contributed by atoms with van der Waals surface area (Å²) in [5, 5.41) is 8.79. The average Bonchev–Trinajstić information content (AvgIpc) is 2.62. The van der Waals surface area contributed by atoms with Crippen molar-refractivity contribution in [3.05, 3.63) is 71.3 Å². The molecule has 2 aromatic rings. The van der Waals surface area contributed by atoms with Gasteiger partial charge in [-0.1, -0.05) is 47.9 Å². The fourth-order valence-corrected chi connectivity index (χ4v) is 3.49. The molecule has 0 radical (unpaired) electrons. The maximum absolute atomic E-state index is 12.7. The van der Waals surface area contributed by atoms with E-state index >= 15 is 0 Å². The number of hydrogen-bond acceptors (Lipinski definition) is 3. The number of rotatable bonds is 6. The first-order valence-corrected chi connectivity index (χ1v) is 9.08. The molecule has 0 saturated heterocycles. The van der Waals surface area contributed by atoms with Crippen molar-refractivity contribution in [2.45, 2.75) is 11.8 Å². The molecule has 0 amide bonds. The van der Waals surface area contributed by atoms with Crippen molar-refractivity contribution in [1.82, 2.24) is 4.31 Å². The lowest BCUT2D eigenvalue weighted by atomic mass is 10.1. The third-order valence-electron chi connectivity index (χ3n) is 3.59. The molecular weight excluding hydrogens is 332 g/mol. The molecule has 0 saturated carbocycles. The van der Waals surface area contributed by atoms with Crippen LogP contribution in [-0.2, 0) is 10.0 Å². The molecule has 0 N–H and O–H groups in total. The van der Waals surface area contributed by atoms with Crippen LogP contribution in [0.2, 0.25) is 0 Å². The van der Waals surface area contributed by atoms with Crippen LogP contribution in [0.4, 0.5) is 0 Å². The Bertz CT molecular complexity index is 929. The van der Waals surface area contributed by atoms with Gasteiger partial charge in [0.1, 0.15) is 0 Å². The number of hydrogen-bond donors (Lipinski definition) is 0. The summed E-state index contributed by atoms with van der Waals surface area (Å²) < 4.78 is 26.7. The van der Waals surface area contributed by atoms with E-state index < -0.39 is 10.0 Å². The normalized spacial score (nSPS) is 11.4. The summed E-state index contributed by atoms with van der Waals surface area (Å²) in [5.74, 6) is 2.40. The Morgan fingerprint density at radius 3 is 2.32 bits per heavy atom. The van der Waals surface area contributed by atoms with Crippen molar-refractivity contribution in [2.75, 3.05) is 13.1 Å². The number of sulfonamides is 1. The van der Waals surface area contributed by atoms with Crippen molar-refractivity contribution in [2.24, 2.45) is 0 Å². The zero-order valence-electron chi connectivity index (χ0n) is 13.9. The van der Waals surface area contributed by atoms with E-state index in [9.17, 15) is 8.42 Å². The summed E-state index contributed by atoms with van der Waals surface area (Å²) in [6.07, 6.45) is 8.87. The Kier molecular flexibility index (Phi) is 6.14. The molecule has 0 aliphatic heterocycles. The van der Waals surface area contributed by atoms with E-state index in [0.29, 0.717) is 5.56 Å². The molecule has 0 unspecified atom stereocenters. The van der Waals surface area contributed by atoms with Crippen LogP contribution in [0.1, 0.15) is 16.7 Å². The van der Waals surface area contributed by atoms with Crippen LogP contribution in [0.5, 0.6) is 0 Å². The van der Waals surface area contributed by atoms with Crippen LogP contribution in [0.15, 0.2) is 59.5 Å². The van der Waals surface area contributed by atoms with Gasteiger partial charge in [0.25, 0.3) is 0 Å². The summed E-state index contributed by atoms with van der Waals surface area (Å²) in [7, 11) is -3.65. The summed E-state index contributed by atoms with van der Waals surface area (Å²) >= 11 is 0. The molecule has 0 heterocycles. The molecule has 0 atom stereocenters. The monoisotopic (exact) mass is 350 g/mol. The zero-order chi connectivity index (χ0) is 18.3. The lowest BCUT2D eigenvalue weighted by molar-refractivity contribution is 0.478. The predicted molar refractivity (Wildman–Crippen MR) is 99.0 cm³/mol. The Hall–Kier alpha value is -2.86. The van der Waals surface area contributed by atoms with Crippen LogP contribution in [0.25, 0.3) is 6.08 Å². The van der Waals surface area contributed by atoms with Crippen LogP contribution in [-0.4, -0.2) is 25.8 Å². The lowest BCUT2D eigenvalue weighted by Gasteiger charge is -2.18. The smallest absolute Gasteiger partial charge is 0.207 e. The van der Waals surface area contributed by atoms with Crippen LogP contribution < -0.4 is 0 Å². The Labute approximate surface area is 149 Å². The molecule has 0 spiro atoms. The molecule has 0 fully saturated rings. The Morgan fingerprint density at radius 1 is 1.12 bits per heavy atom. The van der Waals surface area contributed by atoms with Crippen molar-refractivity contribution < 1.29 is 8.42 Å². The van der Waals surface area contributed by atoms with E-state index in [0.717, 1.165) is 11.1 Å². The Morgan fingerprint density at radius 2 is 1.76 bits per heavy atom. The van der Waals surface area contributed by atoms with Crippen molar-refractivity contribution in [1.29, 1.82) is 5.26 Å². The van der Waals surface area contributed by atoms with E-state index in [1.165, 1.54) is 4.31 Å². The average molecular weight is 350 g/mol. The highest BCUT2D eigenvalue weighted by atomic mass is 32.2. The number of nitriles is 1. The van der Waals surface area contributed by atoms with Crippen molar-refractivity contribution in [3.63, 3.8) is 0 Å². The number of nitrogens with zero attached hydrogens (tertiary/aromatic N) is 2. The van der Waals surface area contributed by atoms with Gasteiger partial charge in [0.05, 0.1) is 23.1 Å². The fraction of sp³-hybridized carbons (Fsp3) is 0.150. The number of benzene rings is 2. The first-order chi connectivity index (χ1) is 12.0. The summed E-state index contributed by atoms with van der Waals surface area (Å²) in [4.78, 5) is 0.222. The van der Waals surface area contributed by atoms with Crippen molar-refractivity contribution >= 4 is 16.1 Å². The highest BCUT2D eigenvalue weighted by molar-refractivity contribution is 7.89. The van der Waals surface area contributed by atoms with Crippen LogP contribution in [0, 0.1) is 30.6 Å². The Balaban J connectivity index is 2.17. The maximum atomic E-state index is 12.7. The van der Waals surface area contributed by atoms with Crippen LogP contribution >= 0.6 is 0 Å². The lowest BCUT2D eigenvalue weighted by Crippen LogP contribution is -2.31. The van der Waals surface area contributed by atoms with Gasteiger partial charge in [0.15, 0.2) is 0 Å². The SMILES string of the molecule is C#CCN(C/C=C/c1ccc(C#N)cc1)S(=O)(=O)c1ccc(C)cc1. The van der Waals surface area contributed by atoms with Gasteiger partial charge < -0.3 is 0 Å². The van der Waals surface area contributed by atoms with E-state index in [2.05, 4.69) is 12.0 Å². The number of aryl methyl sites for hydroxylation is 1. The third-order valence-corrected chi connectivity index (χ3v) is 5.41. The van der Waals surface area contributed by atoms with E-state index in [1.807, 2.05) is 6.92 Å². The van der Waals surface area contributed by atoms with Gasteiger partial charge in [-0.15, -0.1) is 6.42 Å². The largest absolute Gasteiger partial charge is 0.244 e.